The lowest BCUT2D eigenvalue weighted by Crippen LogP contribution is -2.61. The maximum atomic E-state index is 12.8. The molecule has 8 nitrogen and oxygen atoms in total. The molecule has 0 saturated carbocycles. The third-order valence-corrected chi connectivity index (χ3v) is 6.41. The molecular weight excluding hydrogens is 430 g/mol. The monoisotopic (exact) mass is 451 g/mol. The lowest BCUT2D eigenvalue weighted by molar-refractivity contribution is -0.384. The molecule has 2 aliphatic heterocycles. The minimum atomic E-state index is -0.604. The van der Waals surface area contributed by atoms with Gasteiger partial charge in [0.25, 0.3) is 11.6 Å². The van der Waals surface area contributed by atoms with Gasteiger partial charge in [0.2, 0.25) is 0 Å². The molecule has 1 fully saturated rings. The van der Waals surface area contributed by atoms with E-state index in [2.05, 4.69) is 4.99 Å². The Bertz CT molecular complexity index is 1120. The van der Waals surface area contributed by atoms with Gasteiger partial charge in [-0.25, -0.2) is 4.79 Å². The van der Waals surface area contributed by atoms with Crippen LogP contribution in [0.3, 0.4) is 0 Å². The van der Waals surface area contributed by atoms with Gasteiger partial charge in [0.05, 0.1) is 9.97 Å². The van der Waals surface area contributed by atoms with Crippen LogP contribution < -0.4 is 0 Å². The average Bonchev–Trinajstić information content (AvgIpc) is 3.15. The van der Waals surface area contributed by atoms with Crippen molar-refractivity contribution in [2.24, 2.45) is 4.99 Å². The first-order valence-electron chi connectivity index (χ1n) is 10.0. The van der Waals surface area contributed by atoms with E-state index in [1.165, 1.54) is 40.9 Å². The molecule has 2 atom stereocenters. The molecule has 0 aliphatic carbocycles. The molecule has 2 heterocycles. The Morgan fingerprint density at radius 2 is 1.81 bits per heavy atom. The van der Waals surface area contributed by atoms with Crippen LogP contribution >= 0.6 is 11.8 Å². The van der Waals surface area contributed by atoms with Gasteiger partial charge < -0.3 is 4.74 Å². The topological polar surface area (TPSA) is 102 Å². The summed E-state index contributed by atoms with van der Waals surface area (Å²) in [7, 11) is 0. The van der Waals surface area contributed by atoms with E-state index in [1.54, 1.807) is 13.8 Å². The van der Waals surface area contributed by atoms with Crippen LogP contribution in [-0.4, -0.2) is 38.2 Å². The van der Waals surface area contributed by atoms with Gasteiger partial charge in [0.15, 0.2) is 6.04 Å². The number of esters is 1. The second kappa shape index (κ2) is 8.96. The summed E-state index contributed by atoms with van der Waals surface area (Å²) in [6.07, 6.45) is 0.647. The minimum absolute atomic E-state index is 0.0353. The lowest BCUT2D eigenvalue weighted by atomic mass is 10.0. The number of ether oxygens (including phenoxy) is 1. The van der Waals surface area contributed by atoms with E-state index in [0.717, 1.165) is 10.6 Å². The number of non-ortho nitro benzene ring substituents is 1. The highest BCUT2D eigenvalue weighted by molar-refractivity contribution is 8.14. The largest absolute Gasteiger partial charge is 0.456 e. The van der Waals surface area contributed by atoms with Gasteiger partial charge in [-0.2, -0.15) is 0 Å². The zero-order valence-corrected chi connectivity index (χ0v) is 18.4. The van der Waals surface area contributed by atoms with Crippen molar-refractivity contribution in [2.75, 3.05) is 0 Å². The maximum Gasteiger partial charge on any atom is 0.355 e. The molecule has 2 unspecified atom stereocenters. The van der Waals surface area contributed by atoms with Gasteiger partial charge in [-0.15, -0.1) is 0 Å². The van der Waals surface area contributed by atoms with E-state index < -0.39 is 16.9 Å². The van der Waals surface area contributed by atoms with Crippen LogP contribution in [0.15, 0.2) is 70.9 Å². The number of nitro groups is 1. The summed E-state index contributed by atoms with van der Waals surface area (Å²) in [5.74, 6) is -0.818. The van der Waals surface area contributed by atoms with Crippen molar-refractivity contribution in [1.82, 2.24) is 4.90 Å². The van der Waals surface area contributed by atoms with Crippen LogP contribution in [0.5, 0.6) is 0 Å². The summed E-state index contributed by atoms with van der Waals surface area (Å²) < 4.78 is 5.42. The number of hydrogen-bond acceptors (Lipinski definition) is 7. The highest BCUT2D eigenvalue weighted by atomic mass is 32.2. The Morgan fingerprint density at radius 3 is 2.44 bits per heavy atom. The second-order valence-corrected chi connectivity index (χ2v) is 8.88. The fourth-order valence-corrected chi connectivity index (χ4v) is 4.90. The summed E-state index contributed by atoms with van der Waals surface area (Å²) in [6, 6.07) is 15.2. The molecule has 2 aromatic carbocycles. The quantitative estimate of drug-likeness (QED) is 0.208. The van der Waals surface area contributed by atoms with Crippen LogP contribution in [0.4, 0.5) is 5.69 Å². The summed E-state index contributed by atoms with van der Waals surface area (Å²) in [6.45, 7) is 3.47. The van der Waals surface area contributed by atoms with E-state index in [1.807, 2.05) is 30.3 Å². The third kappa shape index (κ3) is 4.29. The Kier molecular flexibility index (Phi) is 6.09. The molecule has 0 spiro atoms. The number of allylic oxidation sites excluding steroid dienone is 1. The SMILES string of the molecule is CC(C)=C(C(=O)OCc1ccc([N+](=O)[O-])cc1)N1C(=O)C2N=C(Cc3ccccc3)SC21. The van der Waals surface area contributed by atoms with Gasteiger partial charge >= 0.3 is 5.97 Å². The standard InChI is InChI=1S/C23H21N3O5S/c1-14(2)20(23(28)31-13-16-8-10-17(11-9-16)26(29)30)25-21(27)19-22(25)32-18(24-19)12-15-6-4-3-5-7-15/h3-11,19,22H,12-13H2,1-2H3. The Labute approximate surface area is 189 Å². The number of benzene rings is 2. The summed E-state index contributed by atoms with van der Waals surface area (Å²) in [5.41, 5.74) is 2.59. The van der Waals surface area contributed by atoms with Crippen molar-refractivity contribution in [1.29, 1.82) is 0 Å². The van der Waals surface area contributed by atoms with Crippen LogP contribution in [0.2, 0.25) is 0 Å². The van der Waals surface area contributed by atoms with Crippen molar-refractivity contribution < 1.29 is 19.2 Å². The number of likely N-dealkylation sites (tertiary alicyclic amines) is 1. The number of nitrogens with zero attached hydrogens (tertiary/aromatic N) is 3. The van der Waals surface area contributed by atoms with E-state index >= 15 is 0 Å². The Balaban J connectivity index is 1.41. The molecule has 4 rings (SSSR count). The first-order valence-corrected chi connectivity index (χ1v) is 10.9. The van der Waals surface area contributed by atoms with E-state index in [4.69, 9.17) is 4.74 Å². The number of amides is 1. The maximum absolute atomic E-state index is 12.8. The fraction of sp³-hybridized carbons (Fsp3) is 0.261. The van der Waals surface area contributed by atoms with Crippen molar-refractivity contribution in [3.05, 3.63) is 87.1 Å². The molecule has 1 amide bonds. The van der Waals surface area contributed by atoms with Gasteiger partial charge in [-0.1, -0.05) is 42.1 Å². The predicted molar refractivity (Wildman–Crippen MR) is 121 cm³/mol. The number of hydrogen-bond donors (Lipinski definition) is 0. The minimum Gasteiger partial charge on any atom is -0.456 e. The van der Waals surface area contributed by atoms with Gasteiger partial charge in [-0.3, -0.25) is 24.8 Å². The van der Waals surface area contributed by atoms with Crippen LogP contribution in [-0.2, 0) is 27.4 Å². The molecule has 32 heavy (non-hydrogen) atoms. The van der Waals surface area contributed by atoms with Crippen molar-refractivity contribution in [3.63, 3.8) is 0 Å². The molecule has 0 bridgehead atoms. The molecule has 1 saturated heterocycles. The fourth-order valence-electron chi connectivity index (χ4n) is 3.58. The van der Waals surface area contributed by atoms with E-state index in [-0.39, 0.29) is 29.3 Å². The Hall–Kier alpha value is -3.46. The zero-order chi connectivity index (χ0) is 22.8. The molecule has 164 valence electrons. The van der Waals surface area contributed by atoms with Crippen molar-refractivity contribution in [3.8, 4) is 0 Å². The average molecular weight is 452 g/mol. The van der Waals surface area contributed by atoms with Crippen LogP contribution in [0.1, 0.15) is 25.0 Å². The molecule has 2 aromatic rings. The third-order valence-electron chi connectivity index (χ3n) is 5.18. The molecule has 9 heteroatoms. The number of carbonyl (C=O) groups is 2. The first kappa shape index (κ1) is 21.8. The summed E-state index contributed by atoms with van der Waals surface area (Å²) >= 11 is 1.50. The number of fused-ring (bicyclic) bond motifs is 1. The lowest BCUT2D eigenvalue weighted by Gasteiger charge is -2.41. The van der Waals surface area contributed by atoms with Gasteiger partial charge in [0.1, 0.15) is 17.7 Å². The normalized spacial score (nSPS) is 19.0. The summed E-state index contributed by atoms with van der Waals surface area (Å²) in [5, 5.41) is 11.4. The number of aliphatic imine (C=N–C) groups is 1. The van der Waals surface area contributed by atoms with E-state index in [0.29, 0.717) is 17.6 Å². The molecule has 0 radical (unpaired) electrons. The smallest absolute Gasteiger partial charge is 0.355 e. The molecule has 2 aliphatic rings. The Morgan fingerprint density at radius 1 is 1.12 bits per heavy atom. The number of nitro benzene ring substituents is 1. The van der Waals surface area contributed by atoms with E-state index in [9.17, 15) is 19.7 Å². The van der Waals surface area contributed by atoms with Crippen LogP contribution in [0.25, 0.3) is 0 Å². The second-order valence-electron chi connectivity index (χ2n) is 7.70. The van der Waals surface area contributed by atoms with Gasteiger partial charge in [-0.05, 0) is 42.7 Å². The number of thioether (sulfide) groups is 1. The molecule has 0 N–H and O–H groups in total. The first-order chi connectivity index (χ1) is 15.3. The summed E-state index contributed by atoms with van der Waals surface area (Å²) in [4.78, 5) is 41.9. The van der Waals surface area contributed by atoms with Crippen molar-refractivity contribution in [2.45, 2.75) is 38.3 Å². The van der Waals surface area contributed by atoms with Gasteiger partial charge in [0, 0.05) is 18.6 Å². The van der Waals surface area contributed by atoms with Crippen molar-refractivity contribution >= 4 is 34.4 Å². The number of β-lactam (4-membered cyclic amide) rings is 1. The number of rotatable bonds is 7. The highest BCUT2D eigenvalue weighted by Gasteiger charge is 2.55. The predicted octanol–water partition coefficient (Wildman–Crippen LogP) is 3.86. The highest BCUT2D eigenvalue weighted by Crippen LogP contribution is 2.42. The number of carbonyl (C=O) groups excluding carboxylic acids is 2. The zero-order valence-electron chi connectivity index (χ0n) is 17.6. The molecular formula is C23H21N3O5S. The molecule has 0 aromatic heterocycles. The van der Waals surface area contributed by atoms with Crippen LogP contribution in [0, 0.1) is 10.1 Å².